The van der Waals surface area contributed by atoms with E-state index < -0.39 is 0 Å². The summed E-state index contributed by atoms with van der Waals surface area (Å²) in [5, 5.41) is 9.19. The van der Waals surface area contributed by atoms with Gasteiger partial charge in [0.05, 0.1) is 0 Å². The van der Waals surface area contributed by atoms with E-state index in [2.05, 4.69) is 0 Å². The Hall–Kier alpha value is -1.55. The minimum absolute atomic E-state index is 0.0133. The molecule has 0 saturated carbocycles. The minimum Gasteiger partial charge on any atom is -0.396 e. The maximum atomic E-state index is 12.3. The zero-order valence-corrected chi connectivity index (χ0v) is 10.7. The molecule has 0 aromatic heterocycles. The summed E-state index contributed by atoms with van der Waals surface area (Å²) in [6.45, 7) is 1.61. The van der Waals surface area contributed by atoms with Gasteiger partial charge in [0, 0.05) is 32.4 Å². The Bertz CT molecular complexity index is 394. The van der Waals surface area contributed by atoms with E-state index in [0.717, 1.165) is 25.1 Å². The smallest absolute Gasteiger partial charge is 0.324 e. The number of amides is 2. The van der Waals surface area contributed by atoms with Gasteiger partial charge in [0.25, 0.3) is 0 Å². The molecule has 1 aliphatic rings. The fourth-order valence-corrected chi connectivity index (χ4v) is 2.36. The Morgan fingerprint density at radius 3 is 2.83 bits per heavy atom. The number of hydrogen-bond donors (Lipinski definition) is 1. The maximum Gasteiger partial charge on any atom is 0.324 e. The Morgan fingerprint density at radius 2 is 2.17 bits per heavy atom. The van der Waals surface area contributed by atoms with Crippen LogP contribution in [0.3, 0.4) is 0 Å². The molecule has 1 atom stereocenters. The number of carbonyl (C=O) groups is 1. The molecule has 1 unspecified atom stereocenters. The second-order valence-corrected chi connectivity index (χ2v) is 4.81. The SMILES string of the molecule is CN(C(=O)N1CCCC(CO)C1)c1ccccc1. The van der Waals surface area contributed by atoms with Crippen LogP contribution in [-0.2, 0) is 0 Å². The normalized spacial score (nSPS) is 19.7. The molecule has 1 saturated heterocycles. The van der Waals surface area contributed by atoms with E-state index in [-0.39, 0.29) is 18.6 Å². The van der Waals surface area contributed by atoms with Crippen LogP contribution in [0, 0.1) is 5.92 Å². The number of rotatable bonds is 2. The number of hydrogen-bond acceptors (Lipinski definition) is 2. The van der Waals surface area contributed by atoms with Crippen LogP contribution in [-0.4, -0.2) is 42.8 Å². The number of carbonyl (C=O) groups excluding carboxylic acids is 1. The molecule has 4 nitrogen and oxygen atoms in total. The number of piperidine rings is 1. The van der Waals surface area contributed by atoms with E-state index in [1.807, 2.05) is 35.2 Å². The summed E-state index contributed by atoms with van der Waals surface area (Å²) >= 11 is 0. The predicted octanol–water partition coefficient (Wildman–Crippen LogP) is 1.95. The van der Waals surface area contributed by atoms with Crippen molar-refractivity contribution in [3.05, 3.63) is 30.3 Å². The number of para-hydroxylation sites is 1. The maximum absolute atomic E-state index is 12.3. The van der Waals surface area contributed by atoms with E-state index in [1.54, 1.807) is 11.9 Å². The highest BCUT2D eigenvalue weighted by Crippen LogP contribution is 2.19. The first-order valence-electron chi connectivity index (χ1n) is 6.41. The molecule has 2 rings (SSSR count). The summed E-state index contributed by atoms with van der Waals surface area (Å²) in [6.07, 6.45) is 1.98. The first-order chi connectivity index (χ1) is 8.72. The highest BCUT2D eigenvalue weighted by molar-refractivity contribution is 5.91. The molecule has 0 radical (unpaired) electrons. The van der Waals surface area contributed by atoms with Gasteiger partial charge in [0.15, 0.2) is 0 Å². The van der Waals surface area contributed by atoms with Crippen molar-refractivity contribution in [3.8, 4) is 0 Å². The van der Waals surface area contributed by atoms with Crippen LogP contribution in [0.1, 0.15) is 12.8 Å². The highest BCUT2D eigenvalue weighted by Gasteiger charge is 2.25. The molecule has 0 spiro atoms. The number of anilines is 1. The van der Waals surface area contributed by atoms with Crippen molar-refractivity contribution >= 4 is 11.7 Å². The molecule has 0 aliphatic carbocycles. The molecule has 1 heterocycles. The second-order valence-electron chi connectivity index (χ2n) is 4.81. The van der Waals surface area contributed by atoms with Crippen LogP contribution in [0.15, 0.2) is 30.3 Å². The molecule has 18 heavy (non-hydrogen) atoms. The van der Waals surface area contributed by atoms with Gasteiger partial charge in [-0.15, -0.1) is 0 Å². The fourth-order valence-electron chi connectivity index (χ4n) is 2.36. The summed E-state index contributed by atoms with van der Waals surface area (Å²) in [5.41, 5.74) is 0.897. The zero-order valence-electron chi connectivity index (χ0n) is 10.7. The molecule has 1 N–H and O–H groups in total. The summed E-state index contributed by atoms with van der Waals surface area (Å²) in [6, 6.07) is 9.64. The van der Waals surface area contributed by atoms with E-state index in [0.29, 0.717) is 6.54 Å². The zero-order chi connectivity index (χ0) is 13.0. The standard InChI is InChI=1S/C14H20N2O2/c1-15(13-7-3-2-4-8-13)14(18)16-9-5-6-12(10-16)11-17/h2-4,7-8,12,17H,5-6,9-11H2,1H3. The first kappa shape index (κ1) is 12.9. The van der Waals surface area contributed by atoms with Crippen LogP contribution < -0.4 is 4.90 Å². The fraction of sp³-hybridized carbons (Fsp3) is 0.500. The third kappa shape index (κ3) is 2.82. The van der Waals surface area contributed by atoms with Crippen molar-refractivity contribution in [2.75, 3.05) is 31.6 Å². The van der Waals surface area contributed by atoms with Gasteiger partial charge in [-0.2, -0.15) is 0 Å². The topological polar surface area (TPSA) is 43.8 Å². The number of likely N-dealkylation sites (tertiary alicyclic amines) is 1. The molecule has 2 amide bonds. The van der Waals surface area contributed by atoms with Crippen molar-refractivity contribution < 1.29 is 9.90 Å². The highest BCUT2D eigenvalue weighted by atomic mass is 16.3. The lowest BCUT2D eigenvalue weighted by atomic mass is 9.99. The van der Waals surface area contributed by atoms with Gasteiger partial charge in [0.1, 0.15) is 0 Å². The van der Waals surface area contributed by atoms with Crippen molar-refractivity contribution in [3.63, 3.8) is 0 Å². The van der Waals surface area contributed by atoms with Gasteiger partial charge in [-0.3, -0.25) is 4.90 Å². The largest absolute Gasteiger partial charge is 0.396 e. The third-order valence-electron chi connectivity index (χ3n) is 3.48. The molecular formula is C14H20N2O2. The molecule has 0 bridgehead atoms. The van der Waals surface area contributed by atoms with Gasteiger partial charge in [-0.1, -0.05) is 18.2 Å². The third-order valence-corrected chi connectivity index (χ3v) is 3.48. The first-order valence-corrected chi connectivity index (χ1v) is 6.41. The Labute approximate surface area is 108 Å². The van der Waals surface area contributed by atoms with Crippen molar-refractivity contribution in [2.24, 2.45) is 5.92 Å². The van der Waals surface area contributed by atoms with Crippen LogP contribution in [0.5, 0.6) is 0 Å². The van der Waals surface area contributed by atoms with Gasteiger partial charge < -0.3 is 10.0 Å². The van der Waals surface area contributed by atoms with Crippen molar-refractivity contribution in [1.82, 2.24) is 4.90 Å². The number of nitrogens with zero attached hydrogens (tertiary/aromatic N) is 2. The lowest BCUT2D eigenvalue weighted by Crippen LogP contribution is -2.47. The molecule has 1 aromatic rings. The average molecular weight is 248 g/mol. The lowest BCUT2D eigenvalue weighted by molar-refractivity contribution is 0.133. The summed E-state index contributed by atoms with van der Waals surface area (Å²) in [7, 11) is 1.79. The van der Waals surface area contributed by atoms with Crippen LogP contribution >= 0.6 is 0 Å². The van der Waals surface area contributed by atoms with Gasteiger partial charge in [-0.25, -0.2) is 4.79 Å². The number of benzene rings is 1. The lowest BCUT2D eigenvalue weighted by Gasteiger charge is -2.34. The van der Waals surface area contributed by atoms with E-state index in [1.165, 1.54) is 0 Å². The van der Waals surface area contributed by atoms with Gasteiger partial charge in [-0.05, 0) is 30.9 Å². The number of urea groups is 1. The molecule has 4 heteroatoms. The number of aliphatic hydroxyl groups is 1. The Balaban J connectivity index is 2.02. The van der Waals surface area contributed by atoms with Crippen LogP contribution in [0.25, 0.3) is 0 Å². The van der Waals surface area contributed by atoms with E-state index >= 15 is 0 Å². The van der Waals surface area contributed by atoms with Crippen LogP contribution in [0.2, 0.25) is 0 Å². The van der Waals surface area contributed by atoms with E-state index in [9.17, 15) is 9.90 Å². The molecule has 1 fully saturated rings. The van der Waals surface area contributed by atoms with Crippen molar-refractivity contribution in [1.29, 1.82) is 0 Å². The van der Waals surface area contributed by atoms with Gasteiger partial charge >= 0.3 is 6.03 Å². The average Bonchev–Trinajstić information content (AvgIpc) is 2.46. The second kappa shape index (κ2) is 5.87. The van der Waals surface area contributed by atoms with Crippen molar-refractivity contribution in [2.45, 2.75) is 12.8 Å². The van der Waals surface area contributed by atoms with Crippen LogP contribution in [0.4, 0.5) is 10.5 Å². The minimum atomic E-state index is 0.0133. The molecular weight excluding hydrogens is 228 g/mol. The van der Waals surface area contributed by atoms with E-state index in [4.69, 9.17) is 0 Å². The number of aliphatic hydroxyl groups excluding tert-OH is 1. The molecule has 98 valence electrons. The summed E-state index contributed by atoms with van der Waals surface area (Å²) in [5.74, 6) is 0.229. The summed E-state index contributed by atoms with van der Waals surface area (Å²) in [4.78, 5) is 15.8. The molecule has 1 aromatic carbocycles. The Kier molecular flexibility index (Phi) is 4.20. The van der Waals surface area contributed by atoms with Gasteiger partial charge in [0.2, 0.25) is 0 Å². The molecule has 1 aliphatic heterocycles. The Morgan fingerprint density at radius 1 is 1.44 bits per heavy atom. The monoisotopic (exact) mass is 248 g/mol. The quantitative estimate of drug-likeness (QED) is 0.869. The predicted molar refractivity (Wildman–Crippen MR) is 71.6 cm³/mol. The summed E-state index contributed by atoms with van der Waals surface area (Å²) < 4.78 is 0.